The molecule has 0 heterocycles. The lowest BCUT2D eigenvalue weighted by Gasteiger charge is -2.08. The topological polar surface area (TPSA) is 54.4 Å². The molecule has 1 aromatic rings. The van der Waals surface area contributed by atoms with Crippen molar-refractivity contribution in [2.24, 2.45) is 5.92 Å². The van der Waals surface area contributed by atoms with Crippen molar-refractivity contribution in [3.8, 4) is 0 Å². The Balaban J connectivity index is 2.63. The van der Waals surface area contributed by atoms with Crippen molar-refractivity contribution in [3.05, 3.63) is 34.3 Å². The predicted molar refractivity (Wildman–Crippen MR) is 64.5 cm³/mol. The predicted octanol–water partition coefficient (Wildman–Crippen LogP) is 3.13. The Morgan fingerprint density at radius 2 is 1.88 bits per heavy atom. The molecule has 0 bridgehead atoms. The van der Waals surface area contributed by atoms with Gasteiger partial charge in [-0.15, -0.1) is 0 Å². The highest BCUT2D eigenvalue weighted by Gasteiger charge is 2.15. The molecule has 0 spiro atoms. The number of carboxylic acids is 1. The first-order valence-corrected chi connectivity index (χ1v) is 5.81. The molecule has 16 heavy (non-hydrogen) atoms. The van der Waals surface area contributed by atoms with Crippen LogP contribution < -0.4 is 0 Å². The Morgan fingerprint density at radius 1 is 1.31 bits per heavy atom. The van der Waals surface area contributed by atoms with Gasteiger partial charge >= 0.3 is 5.97 Å². The van der Waals surface area contributed by atoms with Crippen molar-refractivity contribution in [2.45, 2.75) is 19.8 Å². The molecule has 0 aliphatic rings. The first-order chi connectivity index (χ1) is 7.50. The maximum Gasteiger partial charge on any atom is 0.303 e. The lowest BCUT2D eigenvalue weighted by molar-refractivity contribution is -0.137. The van der Waals surface area contributed by atoms with Crippen LogP contribution in [0.3, 0.4) is 0 Å². The zero-order valence-electron chi connectivity index (χ0n) is 8.94. The molecule has 0 aliphatic heterocycles. The summed E-state index contributed by atoms with van der Waals surface area (Å²) in [6.45, 7) is 1.76. The molecule has 0 saturated heterocycles. The summed E-state index contributed by atoms with van der Waals surface area (Å²) in [5.74, 6) is -1.12. The van der Waals surface area contributed by atoms with E-state index in [2.05, 4.69) is 15.9 Å². The summed E-state index contributed by atoms with van der Waals surface area (Å²) in [6.07, 6.45) is 0.410. The molecular formula is C12H13BrO3. The number of carbonyl (C=O) groups is 2. The lowest BCUT2D eigenvalue weighted by Crippen LogP contribution is -2.12. The van der Waals surface area contributed by atoms with Crippen molar-refractivity contribution in [1.82, 2.24) is 0 Å². The van der Waals surface area contributed by atoms with Crippen molar-refractivity contribution in [1.29, 1.82) is 0 Å². The first-order valence-electron chi connectivity index (χ1n) is 5.02. The maximum atomic E-state index is 11.9. The Labute approximate surface area is 103 Å². The molecule has 1 rings (SSSR count). The van der Waals surface area contributed by atoms with Crippen LogP contribution in [0.15, 0.2) is 28.7 Å². The minimum atomic E-state index is -0.865. The van der Waals surface area contributed by atoms with Crippen molar-refractivity contribution in [2.75, 3.05) is 0 Å². The molecule has 0 aromatic heterocycles. The van der Waals surface area contributed by atoms with E-state index in [-0.39, 0.29) is 18.1 Å². The van der Waals surface area contributed by atoms with E-state index in [1.54, 1.807) is 31.2 Å². The molecule has 0 saturated carbocycles. The average molecular weight is 285 g/mol. The molecule has 0 radical (unpaired) electrons. The highest BCUT2D eigenvalue weighted by Crippen LogP contribution is 2.16. The van der Waals surface area contributed by atoms with Gasteiger partial charge in [0, 0.05) is 22.4 Å². The number of benzene rings is 1. The highest BCUT2D eigenvalue weighted by molar-refractivity contribution is 9.10. The van der Waals surface area contributed by atoms with Crippen LogP contribution in [0.1, 0.15) is 30.1 Å². The highest BCUT2D eigenvalue weighted by atomic mass is 79.9. The van der Waals surface area contributed by atoms with Gasteiger partial charge in [-0.1, -0.05) is 35.0 Å². The first kappa shape index (κ1) is 12.9. The molecule has 1 aromatic carbocycles. The third-order valence-corrected chi connectivity index (χ3v) is 2.90. The van der Waals surface area contributed by atoms with Gasteiger partial charge in [0.1, 0.15) is 0 Å². The van der Waals surface area contributed by atoms with Gasteiger partial charge in [-0.25, -0.2) is 0 Å². The summed E-state index contributed by atoms with van der Waals surface area (Å²) >= 11 is 3.29. The summed E-state index contributed by atoms with van der Waals surface area (Å²) < 4.78 is 0.919. The van der Waals surface area contributed by atoms with E-state index in [0.717, 1.165) is 4.47 Å². The standard InChI is InChI=1S/C12H13BrO3/c1-8(2-7-11(14)15)12(16)9-3-5-10(13)6-4-9/h3-6,8H,2,7H2,1H3,(H,14,15). The Hall–Kier alpha value is -1.16. The number of hydrogen-bond donors (Lipinski definition) is 1. The molecule has 0 amide bonds. The number of carbonyl (C=O) groups excluding carboxylic acids is 1. The largest absolute Gasteiger partial charge is 0.481 e. The van der Waals surface area contributed by atoms with Crippen LogP contribution in [-0.2, 0) is 4.79 Å². The summed E-state index contributed by atoms with van der Waals surface area (Å²) in [5, 5.41) is 8.53. The van der Waals surface area contributed by atoms with Gasteiger partial charge in [0.2, 0.25) is 0 Å². The summed E-state index contributed by atoms with van der Waals surface area (Å²) in [5.41, 5.74) is 0.626. The fourth-order valence-corrected chi connectivity index (χ4v) is 1.63. The lowest BCUT2D eigenvalue weighted by atomic mass is 9.95. The van der Waals surface area contributed by atoms with Gasteiger partial charge in [0.15, 0.2) is 5.78 Å². The van der Waals surface area contributed by atoms with Crippen LogP contribution in [0.5, 0.6) is 0 Å². The second-order valence-corrected chi connectivity index (χ2v) is 4.62. The van der Waals surface area contributed by atoms with Gasteiger partial charge in [0.05, 0.1) is 0 Å². The van der Waals surface area contributed by atoms with Crippen LogP contribution >= 0.6 is 15.9 Å². The number of hydrogen-bond acceptors (Lipinski definition) is 2. The van der Waals surface area contributed by atoms with Crippen molar-refractivity contribution >= 4 is 27.7 Å². The van der Waals surface area contributed by atoms with E-state index in [1.807, 2.05) is 0 Å². The van der Waals surface area contributed by atoms with E-state index in [1.165, 1.54) is 0 Å². The fraction of sp³-hybridized carbons (Fsp3) is 0.333. The van der Waals surface area contributed by atoms with Gasteiger partial charge < -0.3 is 5.11 Å². The maximum absolute atomic E-state index is 11.9. The Bertz CT molecular complexity index is 384. The number of aliphatic carboxylic acids is 1. The molecule has 3 nitrogen and oxygen atoms in total. The van der Waals surface area contributed by atoms with Crippen LogP contribution in [0.4, 0.5) is 0 Å². The number of carboxylic acid groups (broad SMARTS) is 1. The minimum absolute atomic E-state index is 0.00579. The number of Topliss-reactive ketones (excluding diaryl/α,β-unsaturated/α-hetero) is 1. The molecule has 86 valence electrons. The number of ketones is 1. The van der Waals surface area contributed by atoms with E-state index in [4.69, 9.17) is 5.11 Å². The van der Waals surface area contributed by atoms with E-state index < -0.39 is 5.97 Å². The molecule has 0 aliphatic carbocycles. The smallest absolute Gasteiger partial charge is 0.303 e. The van der Waals surface area contributed by atoms with Crippen LogP contribution in [0, 0.1) is 5.92 Å². The zero-order chi connectivity index (χ0) is 12.1. The summed E-state index contributed by atoms with van der Waals surface area (Å²) in [7, 11) is 0. The second-order valence-electron chi connectivity index (χ2n) is 3.70. The molecular weight excluding hydrogens is 272 g/mol. The summed E-state index contributed by atoms with van der Waals surface area (Å²) in [4.78, 5) is 22.3. The molecule has 1 N–H and O–H groups in total. The van der Waals surface area contributed by atoms with E-state index in [0.29, 0.717) is 12.0 Å². The third kappa shape index (κ3) is 3.77. The van der Waals surface area contributed by atoms with Gasteiger partial charge in [-0.05, 0) is 18.6 Å². The minimum Gasteiger partial charge on any atom is -0.481 e. The third-order valence-electron chi connectivity index (χ3n) is 2.37. The number of halogens is 1. The van der Waals surface area contributed by atoms with Gasteiger partial charge in [-0.2, -0.15) is 0 Å². The van der Waals surface area contributed by atoms with Crippen molar-refractivity contribution < 1.29 is 14.7 Å². The number of rotatable bonds is 5. The average Bonchev–Trinajstić information content (AvgIpc) is 2.26. The van der Waals surface area contributed by atoms with Crippen LogP contribution in [0.25, 0.3) is 0 Å². The quantitative estimate of drug-likeness (QED) is 0.845. The SMILES string of the molecule is CC(CCC(=O)O)C(=O)c1ccc(Br)cc1. The second kappa shape index (κ2) is 5.80. The molecule has 1 atom stereocenters. The molecule has 4 heteroatoms. The van der Waals surface area contributed by atoms with Crippen molar-refractivity contribution in [3.63, 3.8) is 0 Å². The zero-order valence-corrected chi connectivity index (χ0v) is 10.5. The molecule has 1 unspecified atom stereocenters. The molecule has 0 fully saturated rings. The van der Waals surface area contributed by atoms with Gasteiger partial charge in [-0.3, -0.25) is 9.59 Å². The van der Waals surface area contributed by atoms with Crippen LogP contribution in [-0.4, -0.2) is 16.9 Å². The summed E-state index contributed by atoms with van der Waals surface area (Å²) in [6, 6.07) is 7.08. The fourth-order valence-electron chi connectivity index (χ4n) is 1.37. The van der Waals surface area contributed by atoms with E-state index in [9.17, 15) is 9.59 Å². The normalized spacial score (nSPS) is 12.1. The van der Waals surface area contributed by atoms with Crippen LogP contribution in [0.2, 0.25) is 0 Å². The Kier molecular flexibility index (Phi) is 4.68. The van der Waals surface area contributed by atoms with Gasteiger partial charge in [0.25, 0.3) is 0 Å². The van der Waals surface area contributed by atoms with E-state index >= 15 is 0 Å². The monoisotopic (exact) mass is 284 g/mol. The Morgan fingerprint density at radius 3 is 2.38 bits per heavy atom.